The summed E-state index contributed by atoms with van der Waals surface area (Å²) in [5.74, 6) is 1.46. The number of fused-ring (bicyclic) bond motifs is 2. The summed E-state index contributed by atoms with van der Waals surface area (Å²) in [7, 11) is 0. The summed E-state index contributed by atoms with van der Waals surface area (Å²) >= 11 is 12.3. The molecule has 26 heavy (non-hydrogen) atoms. The third-order valence-electron chi connectivity index (χ3n) is 4.49. The zero-order valence-corrected chi connectivity index (χ0v) is 15.0. The van der Waals surface area contributed by atoms with Gasteiger partial charge in [0.1, 0.15) is 5.82 Å². The number of hydrogen-bond acceptors (Lipinski definition) is 5. The Labute approximate surface area is 158 Å². The second kappa shape index (κ2) is 5.96. The van der Waals surface area contributed by atoms with Crippen LogP contribution in [0.1, 0.15) is 11.3 Å². The lowest BCUT2D eigenvalue weighted by Crippen LogP contribution is -2.31. The summed E-state index contributed by atoms with van der Waals surface area (Å²) in [5, 5.41) is 21.5. The molecule has 9 heteroatoms. The van der Waals surface area contributed by atoms with Gasteiger partial charge in [0.25, 0.3) is 0 Å². The van der Waals surface area contributed by atoms with Crippen molar-refractivity contribution in [3.05, 3.63) is 57.8 Å². The molecule has 0 aliphatic carbocycles. The smallest absolute Gasteiger partial charge is 0.185 e. The standard InChI is InChI=1S/C17H13Cl2N7/c18-12-5-10(6-13(19)7-12)17-23-22-15-1-2-16(24-26(15)17)25-4-3-14-11(9-25)8-20-21-14/h1-2,5-8H,3-4,9H2,(H,20,21). The van der Waals surface area contributed by atoms with E-state index in [9.17, 15) is 0 Å². The minimum Gasteiger partial charge on any atom is -0.350 e. The molecule has 0 unspecified atom stereocenters. The van der Waals surface area contributed by atoms with Gasteiger partial charge in [-0.1, -0.05) is 23.2 Å². The molecule has 0 saturated heterocycles. The highest BCUT2D eigenvalue weighted by Gasteiger charge is 2.20. The fourth-order valence-corrected chi connectivity index (χ4v) is 3.75. The van der Waals surface area contributed by atoms with Crippen molar-refractivity contribution in [1.82, 2.24) is 30.0 Å². The molecule has 4 aromatic rings. The molecule has 0 radical (unpaired) electrons. The van der Waals surface area contributed by atoms with Gasteiger partial charge in [-0.25, -0.2) is 0 Å². The van der Waals surface area contributed by atoms with Crippen LogP contribution in [0.2, 0.25) is 10.0 Å². The van der Waals surface area contributed by atoms with Crippen molar-refractivity contribution in [3.8, 4) is 11.4 Å². The lowest BCUT2D eigenvalue weighted by molar-refractivity contribution is 0.699. The van der Waals surface area contributed by atoms with E-state index in [2.05, 4.69) is 25.3 Å². The van der Waals surface area contributed by atoms with Gasteiger partial charge in [0, 0.05) is 46.4 Å². The summed E-state index contributed by atoms with van der Waals surface area (Å²) < 4.78 is 1.72. The van der Waals surface area contributed by atoms with Gasteiger partial charge >= 0.3 is 0 Å². The molecule has 1 aliphatic rings. The molecule has 1 aromatic carbocycles. The second-order valence-electron chi connectivity index (χ2n) is 6.19. The molecular formula is C17H13Cl2N7. The summed E-state index contributed by atoms with van der Waals surface area (Å²) in [5.41, 5.74) is 3.83. The van der Waals surface area contributed by atoms with Crippen molar-refractivity contribution in [2.45, 2.75) is 13.0 Å². The topological polar surface area (TPSA) is 75.0 Å². The molecule has 130 valence electrons. The van der Waals surface area contributed by atoms with Gasteiger partial charge in [-0.3, -0.25) is 5.10 Å². The van der Waals surface area contributed by atoms with Crippen LogP contribution in [0.15, 0.2) is 36.5 Å². The summed E-state index contributed by atoms with van der Waals surface area (Å²) in [6.45, 7) is 1.64. The van der Waals surface area contributed by atoms with Crippen molar-refractivity contribution >= 4 is 34.7 Å². The average molecular weight is 386 g/mol. The number of nitrogens with zero attached hydrogens (tertiary/aromatic N) is 6. The van der Waals surface area contributed by atoms with Gasteiger partial charge in [0.15, 0.2) is 11.5 Å². The first kappa shape index (κ1) is 15.6. The predicted octanol–water partition coefficient (Wildman–Crippen LogP) is 3.38. The largest absolute Gasteiger partial charge is 0.350 e. The van der Waals surface area contributed by atoms with E-state index in [1.54, 1.807) is 22.7 Å². The second-order valence-corrected chi connectivity index (χ2v) is 7.06. The Hall–Kier alpha value is -2.64. The van der Waals surface area contributed by atoms with Crippen LogP contribution >= 0.6 is 23.2 Å². The normalized spacial score (nSPS) is 14.0. The van der Waals surface area contributed by atoms with E-state index in [4.69, 9.17) is 28.3 Å². The number of aromatic nitrogens is 6. The monoisotopic (exact) mass is 385 g/mol. The Bertz CT molecular complexity index is 1100. The molecule has 5 rings (SSSR count). The Morgan fingerprint density at radius 3 is 2.73 bits per heavy atom. The summed E-state index contributed by atoms with van der Waals surface area (Å²) in [4.78, 5) is 2.21. The third-order valence-corrected chi connectivity index (χ3v) is 4.93. The van der Waals surface area contributed by atoms with Crippen LogP contribution in [0.4, 0.5) is 5.82 Å². The van der Waals surface area contributed by atoms with Crippen molar-refractivity contribution in [3.63, 3.8) is 0 Å². The molecule has 1 N–H and O–H groups in total. The van der Waals surface area contributed by atoms with E-state index in [1.807, 2.05) is 18.3 Å². The maximum atomic E-state index is 6.13. The van der Waals surface area contributed by atoms with E-state index in [0.29, 0.717) is 21.5 Å². The molecule has 0 saturated carbocycles. The minimum atomic E-state index is 0.545. The van der Waals surface area contributed by atoms with Crippen molar-refractivity contribution in [2.75, 3.05) is 11.4 Å². The molecule has 4 heterocycles. The maximum absolute atomic E-state index is 6.13. The third kappa shape index (κ3) is 2.60. The van der Waals surface area contributed by atoms with E-state index in [1.165, 1.54) is 11.3 Å². The van der Waals surface area contributed by atoms with Gasteiger partial charge in [-0.2, -0.15) is 9.61 Å². The van der Waals surface area contributed by atoms with Crippen molar-refractivity contribution in [1.29, 1.82) is 0 Å². The van der Waals surface area contributed by atoms with Crippen LogP contribution in [-0.4, -0.2) is 36.6 Å². The molecular weight excluding hydrogens is 373 g/mol. The Morgan fingerprint density at radius 2 is 1.88 bits per heavy atom. The van der Waals surface area contributed by atoms with Gasteiger partial charge in [-0.15, -0.1) is 15.3 Å². The maximum Gasteiger partial charge on any atom is 0.185 e. The number of rotatable bonds is 2. The number of H-pyrrole nitrogens is 1. The lowest BCUT2D eigenvalue weighted by atomic mass is 10.1. The Kier molecular flexibility index (Phi) is 3.58. The first-order valence-corrected chi connectivity index (χ1v) is 8.88. The number of aromatic amines is 1. The Morgan fingerprint density at radius 1 is 1.04 bits per heavy atom. The van der Waals surface area contributed by atoms with Crippen LogP contribution < -0.4 is 4.90 Å². The SMILES string of the molecule is Clc1cc(Cl)cc(-c2nnc3ccc(N4CCc5[nH]ncc5C4)nn23)c1. The lowest BCUT2D eigenvalue weighted by Gasteiger charge is -2.27. The minimum absolute atomic E-state index is 0.545. The summed E-state index contributed by atoms with van der Waals surface area (Å²) in [6.07, 6.45) is 2.78. The molecule has 0 spiro atoms. The molecule has 3 aromatic heterocycles. The number of benzene rings is 1. The van der Waals surface area contributed by atoms with Gasteiger partial charge in [0.05, 0.1) is 6.20 Å². The highest BCUT2D eigenvalue weighted by molar-refractivity contribution is 6.35. The first-order chi connectivity index (χ1) is 12.7. The van der Waals surface area contributed by atoms with Crippen LogP contribution in [0.3, 0.4) is 0 Å². The van der Waals surface area contributed by atoms with E-state index in [0.717, 1.165) is 30.9 Å². The van der Waals surface area contributed by atoms with E-state index < -0.39 is 0 Å². The van der Waals surface area contributed by atoms with E-state index in [-0.39, 0.29) is 0 Å². The fraction of sp³-hybridized carbons (Fsp3) is 0.176. The highest BCUT2D eigenvalue weighted by atomic mass is 35.5. The van der Waals surface area contributed by atoms with Crippen molar-refractivity contribution in [2.24, 2.45) is 0 Å². The number of anilines is 1. The van der Waals surface area contributed by atoms with Crippen LogP contribution in [-0.2, 0) is 13.0 Å². The van der Waals surface area contributed by atoms with Gasteiger partial charge in [0.2, 0.25) is 0 Å². The van der Waals surface area contributed by atoms with E-state index >= 15 is 0 Å². The highest BCUT2D eigenvalue weighted by Crippen LogP contribution is 2.27. The van der Waals surface area contributed by atoms with Crippen LogP contribution in [0.25, 0.3) is 17.0 Å². The molecule has 0 atom stereocenters. The van der Waals surface area contributed by atoms with Gasteiger partial charge < -0.3 is 4.90 Å². The molecule has 1 aliphatic heterocycles. The van der Waals surface area contributed by atoms with Crippen LogP contribution in [0, 0.1) is 0 Å². The molecule has 0 bridgehead atoms. The fourth-order valence-electron chi connectivity index (χ4n) is 3.23. The molecule has 7 nitrogen and oxygen atoms in total. The molecule has 0 fully saturated rings. The average Bonchev–Trinajstić information content (AvgIpc) is 3.26. The predicted molar refractivity (Wildman–Crippen MR) is 99.6 cm³/mol. The zero-order valence-electron chi connectivity index (χ0n) is 13.5. The number of halogens is 2. The van der Waals surface area contributed by atoms with Crippen molar-refractivity contribution < 1.29 is 0 Å². The Balaban J connectivity index is 1.57. The van der Waals surface area contributed by atoms with Gasteiger partial charge in [-0.05, 0) is 30.3 Å². The zero-order chi connectivity index (χ0) is 17.7. The first-order valence-electron chi connectivity index (χ1n) is 8.12. The summed E-state index contributed by atoms with van der Waals surface area (Å²) in [6, 6.07) is 9.17. The number of nitrogens with one attached hydrogen (secondary N) is 1. The number of hydrogen-bond donors (Lipinski definition) is 1. The quantitative estimate of drug-likeness (QED) is 0.572. The van der Waals surface area contributed by atoms with Crippen LogP contribution in [0.5, 0.6) is 0 Å². The molecule has 0 amide bonds.